The second kappa shape index (κ2) is 7.52. The molecule has 1 aliphatic heterocycles. The average molecular weight is 306 g/mol. The van der Waals surface area contributed by atoms with Crippen LogP contribution in [0.5, 0.6) is 0 Å². The van der Waals surface area contributed by atoms with E-state index in [1.54, 1.807) is 0 Å². The molecule has 2 rings (SSSR count). The molecule has 19 heavy (non-hydrogen) atoms. The molecule has 2 heterocycles. The van der Waals surface area contributed by atoms with Crippen molar-refractivity contribution in [1.29, 1.82) is 0 Å². The number of thiazole rings is 1. The molecular weight excluding hydrogens is 286 g/mol. The lowest BCUT2D eigenvalue weighted by Crippen LogP contribution is -2.51. The second-order valence-electron chi connectivity index (χ2n) is 4.26. The monoisotopic (exact) mass is 305 g/mol. The number of nitrogens with one attached hydrogen (secondary N) is 1. The maximum Gasteiger partial charge on any atom is 0.317 e. The Kier molecular flexibility index (Phi) is 6.33. The zero-order valence-corrected chi connectivity index (χ0v) is 12.6. The Hall–Kier alpha value is -1.05. The number of urea groups is 1. The molecule has 2 amide bonds. The van der Waals surface area contributed by atoms with Gasteiger partial charge in [-0.15, -0.1) is 23.7 Å². The van der Waals surface area contributed by atoms with Crippen molar-refractivity contribution < 1.29 is 4.79 Å². The fourth-order valence-electron chi connectivity index (χ4n) is 1.99. The number of hydrogen-bond donors (Lipinski definition) is 2. The van der Waals surface area contributed by atoms with Gasteiger partial charge in [0.25, 0.3) is 0 Å². The molecule has 8 heteroatoms. The molecular formula is C11H20ClN5OS. The van der Waals surface area contributed by atoms with E-state index in [1.165, 1.54) is 16.2 Å². The van der Waals surface area contributed by atoms with Crippen molar-refractivity contribution in [2.24, 2.45) is 0 Å². The van der Waals surface area contributed by atoms with Crippen LogP contribution >= 0.6 is 23.7 Å². The maximum absolute atomic E-state index is 11.6. The molecule has 3 N–H and O–H groups in total. The van der Waals surface area contributed by atoms with E-state index < -0.39 is 0 Å². The summed E-state index contributed by atoms with van der Waals surface area (Å²) in [6.45, 7) is 6.84. The highest BCUT2D eigenvalue weighted by Gasteiger charge is 2.20. The predicted molar refractivity (Wildman–Crippen MR) is 79.7 cm³/mol. The van der Waals surface area contributed by atoms with Crippen LogP contribution in [-0.2, 0) is 6.54 Å². The van der Waals surface area contributed by atoms with Crippen LogP contribution in [0.1, 0.15) is 11.8 Å². The number of nitrogens with two attached hydrogens (primary N) is 1. The molecule has 6 nitrogen and oxygen atoms in total. The number of piperazine rings is 1. The number of nitrogen functional groups attached to an aromatic ring is 1. The lowest BCUT2D eigenvalue weighted by molar-refractivity contribution is 0.136. The lowest BCUT2D eigenvalue weighted by Gasteiger charge is -2.34. The average Bonchev–Trinajstić information content (AvgIpc) is 2.76. The summed E-state index contributed by atoms with van der Waals surface area (Å²) < 4.78 is 0. The van der Waals surface area contributed by atoms with Crippen LogP contribution in [0.3, 0.4) is 0 Å². The van der Waals surface area contributed by atoms with Crippen molar-refractivity contribution in [3.05, 3.63) is 11.1 Å². The fourth-order valence-corrected chi connectivity index (χ4v) is 2.71. The van der Waals surface area contributed by atoms with Crippen LogP contribution in [0.4, 0.5) is 9.93 Å². The standard InChI is InChI=1S/C11H19N5OS.ClH/c1-2-13-11(17)16-5-3-15(4-6-16)8-9-7-14-10(12)18-9;/h7H,2-6,8H2,1H3,(H2,12,14)(H,13,17);1H. The molecule has 1 aromatic rings. The van der Waals surface area contributed by atoms with E-state index in [-0.39, 0.29) is 18.4 Å². The summed E-state index contributed by atoms with van der Waals surface area (Å²) in [5, 5.41) is 3.44. The summed E-state index contributed by atoms with van der Waals surface area (Å²) in [7, 11) is 0. The van der Waals surface area contributed by atoms with Gasteiger partial charge in [0.15, 0.2) is 5.13 Å². The summed E-state index contributed by atoms with van der Waals surface area (Å²) in [6.07, 6.45) is 1.83. The Morgan fingerprint density at radius 3 is 2.68 bits per heavy atom. The Bertz CT molecular complexity index is 406. The topological polar surface area (TPSA) is 74.5 Å². The normalized spacial score (nSPS) is 15.9. The van der Waals surface area contributed by atoms with Gasteiger partial charge < -0.3 is 16.0 Å². The van der Waals surface area contributed by atoms with Crippen molar-refractivity contribution in [3.63, 3.8) is 0 Å². The number of carbonyl (C=O) groups is 1. The molecule has 0 radical (unpaired) electrons. The van der Waals surface area contributed by atoms with Gasteiger partial charge in [-0.1, -0.05) is 0 Å². The number of nitrogens with zero attached hydrogens (tertiary/aromatic N) is 3. The van der Waals surface area contributed by atoms with Crippen LogP contribution in [0.15, 0.2) is 6.20 Å². The number of rotatable bonds is 3. The van der Waals surface area contributed by atoms with Crippen molar-refractivity contribution in [1.82, 2.24) is 20.1 Å². The molecule has 1 saturated heterocycles. The molecule has 0 unspecified atom stereocenters. The molecule has 0 spiro atoms. The molecule has 1 fully saturated rings. The molecule has 0 atom stereocenters. The highest BCUT2D eigenvalue weighted by Crippen LogP contribution is 2.17. The van der Waals surface area contributed by atoms with Gasteiger partial charge in [0.1, 0.15) is 0 Å². The molecule has 0 bridgehead atoms. The molecule has 1 aromatic heterocycles. The maximum atomic E-state index is 11.6. The van der Waals surface area contributed by atoms with Gasteiger partial charge in [-0.2, -0.15) is 0 Å². The number of halogens is 1. The molecule has 1 aliphatic rings. The zero-order valence-electron chi connectivity index (χ0n) is 11.0. The first-order chi connectivity index (χ1) is 8.69. The minimum absolute atomic E-state index is 0. The van der Waals surface area contributed by atoms with Crippen molar-refractivity contribution in [3.8, 4) is 0 Å². The summed E-state index contributed by atoms with van der Waals surface area (Å²) in [6, 6.07) is 0.0409. The zero-order chi connectivity index (χ0) is 13.0. The minimum Gasteiger partial charge on any atom is -0.375 e. The van der Waals surface area contributed by atoms with Gasteiger partial charge in [0.05, 0.1) is 0 Å². The Labute approximate surface area is 123 Å². The Balaban J connectivity index is 0.00000180. The number of anilines is 1. The van der Waals surface area contributed by atoms with Crippen LogP contribution in [0.25, 0.3) is 0 Å². The highest BCUT2D eigenvalue weighted by molar-refractivity contribution is 7.15. The van der Waals surface area contributed by atoms with Crippen molar-refractivity contribution in [2.45, 2.75) is 13.5 Å². The van der Waals surface area contributed by atoms with Crippen LogP contribution < -0.4 is 11.1 Å². The molecule has 108 valence electrons. The number of amides is 2. The van der Waals surface area contributed by atoms with E-state index in [9.17, 15) is 4.79 Å². The molecule has 0 aliphatic carbocycles. The molecule has 0 aromatic carbocycles. The smallest absolute Gasteiger partial charge is 0.317 e. The minimum atomic E-state index is 0. The predicted octanol–water partition coefficient (Wildman–Crippen LogP) is 0.994. The summed E-state index contributed by atoms with van der Waals surface area (Å²) in [4.78, 5) is 21.0. The van der Waals surface area contributed by atoms with Crippen LogP contribution in [0, 0.1) is 0 Å². The van der Waals surface area contributed by atoms with Crippen molar-refractivity contribution in [2.75, 3.05) is 38.5 Å². The van der Waals surface area contributed by atoms with Gasteiger partial charge in [0.2, 0.25) is 0 Å². The van der Waals surface area contributed by atoms with Crippen LogP contribution in [-0.4, -0.2) is 53.5 Å². The van der Waals surface area contributed by atoms with E-state index >= 15 is 0 Å². The first kappa shape index (κ1) is 16.0. The SMILES string of the molecule is CCNC(=O)N1CCN(Cc2cnc(N)s2)CC1.Cl. The summed E-state index contributed by atoms with van der Waals surface area (Å²) >= 11 is 1.53. The molecule has 0 saturated carbocycles. The van der Waals surface area contributed by atoms with E-state index in [4.69, 9.17) is 5.73 Å². The largest absolute Gasteiger partial charge is 0.375 e. The summed E-state index contributed by atoms with van der Waals surface area (Å²) in [5.74, 6) is 0. The summed E-state index contributed by atoms with van der Waals surface area (Å²) in [5.41, 5.74) is 5.61. The first-order valence-electron chi connectivity index (χ1n) is 6.14. The Morgan fingerprint density at radius 2 is 2.16 bits per heavy atom. The van der Waals surface area contributed by atoms with Gasteiger partial charge in [-0.05, 0) is 6.92 Å². The van der Waals surface area contributed by atoms with Crippen LogP contribution in [0.2, 0.25) is 0 Å². The third-order valence-electron chi connectivity index (χ3n) is 2.94. The third-order valence-corrected chi connectivity index (χ3v) is 3.75. The van der Waals surface area contributed by atoms with Gasteiger partial charge in [0, 0.05) is 50.3 Å². The Morgan fingerprint density at radius 1 is 1.47 bits per heavy atom. The quantitative estimate of drug-likeness (QED) is 0.873. The van der Waals surface area contributed by atoms with Crippen molar-refractivity contribution >= 4 is 34.9 Å². The van der Waals surface area contributed by atoms with E-state index in [0.717, 1.165) is 32.7 Å². The fraction of sp³-hybridized carbons (Fsp3) is 0.636. The van der Waals surface area contributed by atoms with E-state index in [2.05, 4.69) is 15.2 Å². The van der Waals surface area contributed by atoms with E-state index in [0.29, 0.717) is 11.7 Å². The first-order valence-corrected chi connectivity index (χ1v) is 6.96. The highest BCUT2D eigenvalue weighted by atomic mass is 35.5. The second-order valence-corrected chi connectivity index (χ2v) is 5.41. The number of carbonyl (C=O) groups excluding carboxylic acids is 1. The number of hydrogen-bond acceptors (Lipinski definition) is 5. The van der Waals surface area contributed by atoms with Gasteiger partial charge in [-0.25, -0.2) is 9.78 Å². The third kappa shape index (κ3) is 4.52. The number of aromatic nitrogens is 1. The van der Waals surface area contributed by atoms with Gasteiger partial charge >= 0.3 is 6.03 Å². The van der Waals surface area contributed by atoms with E-state index in [1.807, 2.05) is 18.0 Å². The lowest BCUT2D eigenvalue weighted by atomic mass is 10.3. The van der Waals surface area contributed by atoms with Gasteiger partial charge in [-0.3, -0.25) is 4.90 Å².